The summed E-state index contributed by atoms with van der Waals surface area (Å²) in [6, 6.07) is 0. The minimum atomic E-state index is -5.23. The Morgan fingerprint density at radius 2 is 1.42 bits per heavy atom. The fraction of sp³-hybridized carbons (Fsp3) is 0.708. The first-order valence-electron chi connectivity index (χ1n) is 12.1. The number of rotatable bonds is 21. The number of hydrogen-bond donors (Lipinski definition) is 1. The van der Waals surface area contributed by atoms with Gasteiger partial charge in [-0.15, -0.1) is 0 Å². The van der Waals surface area contributed by atoms with Gasteiger partial charge in [0.15, 0.2) is 0 Å². The largest absolute Gasteiger partial charge is 1.00 e. The van der Waals surface area contributed by atoms with Crippen molar-refractivity contribution in [1.82, 2.24) is 5.32 Å². The van der Waals surface area contributed by atoms with E-state index in [-0.39, 0.29) is 72.3 Å². The number of carbonyl (C=O) groups is 3. The van der Waals surface area contributed by atoms with Crippen molar-refractivity contribution in [2.24, 2.45) is 0 Å². The number of allylic oxidation sites excluding steroid dienone is 3. The van der Waals surface area contributed by atoms with Gasteiger partial charge in [-0.05, 0) is 12.8 Å². The van der Waals surface area contributed by atoms with E-state index < -0.39 is 39.6 Å². The number of carbonyl (C=O) groups excluding carboxylic acids is 3. The molecule has 0 saturated heterocycles. The van der Waals surface area contributed by atoms with Crippen LogP contribution >= 0.6 is 0 Å². The average molecular weight is 548 g/mol. The third-order valence-corrected chi connectivity index (χ3v) is 6.15. The molecule has 0 aromatic carbocycles. The van der Waals surface area contributed by atoms with E-state index in [4.69, 9.17) is 0 Å². The molecule has 0 spiro atoms. The van der Waals surface area contributed by atoms with E-state index >= 15 is 0 Å². The molecule has 1 unspecified atom stereocenters. The smallest absolute Gasteiger partial charge is 0.747 e. The third kappa shape index (κ3) is 25.4. The van der Waals surface area contributed by atoms with Crippen LogP contribution in [0.25, 0.3) is 0 Å². The summed E-state index contributed by atoms with van der Waals surface area (Å²) in [7, 11) is -5.23. The maximum Gasteiger partial charge on any atom is 1.00 e. The monoisotopic (exact) mass is 547 g/mol. The number of ether oxygens (including phenoxy) is 1. The molecule has 0 saturated carbocycles. The second-order valence-electron chi connectivity index (χ2n) is 8.13. The van der Waals surface area contributed by atoms with E-state index in [1.807, 2.05) is 6.08 Å². The van der Waals surface area contributed by atoms with Crippen LogP contribution in [0.2, 0.25) is 0 Å². The number of amides is 1. The second kappa shape index (κ2) is 26.4. The van der Waals surface area contributed by atoms with Crippen LogP contribution in [0.4, 0.5) is 0 Å². The summed E-state index contributed by atoms with van der Waals surface area (Å²) in [6.07, 6.45) is 20.8. The molecule has 0 aromatic heterocycles. The van der Waals surface area contributed by atoms with Crippen LogP contribution in [0.3, 0.4) is 0 Å². The molecular formula is C24H39NNa2O8S. The Hall–Kier alpha value is -0.200. The molecule has 0 radical (unpaired) electrons. The molecule has 1 amide bonds. The van der Waals surface area contributed by atoms with Crippen LogP contribution in [0.15, 0.2) is 24.3 Å². The van der Waals surface area contributed by atoms with Gasteiger partial charge in [0.05, 0.1) is 24.2 Å². The van der Waals surface area contributed by atoms with Gasteiger partial charge in [-0.25, -0.2) is 8.42 Å². The number of aliphatic carboxylic acids is 1. The number of esters is 1. The fourth-order valence-electron chi connectivity index (χ4n) is 3.16. The Labute approximate surface area is 260 Å². The SMILES string of the molecule is CCCCCCCCCCCCCC=CC=CC(=O)NCCOC(=O)CC(C(=O)[O-])S(=O)(=O)[O-].[Na+].[Na+]. The van der Waals surface area contributed by atoms with Crippen molar-refractivity contribution in [1.29, 1.82) is 0 Å². The standard InChI is InChI=1S/C24H41NO8S.2Na/c1-2-3-4-5-6-7-8-9-10-11-12-13-14-15-16-17-22(26)25-18-19-33-23(27)20-21(24(28)29)34(30,31)32;;/h14-17,21H,2-13,18-20H2,1H3,(H,25,26)(H,28,29)(H,30,31,32);;/q;2*+1/p-2. The molecule has 0 fully saturated rings. The van der Waals surface area contributed by atoms with E-state index in [0.29, 0.717) is 0 Å². The average Bonchev–Trinajstić information content (AvgIpc) is 2.76. The van der Waals surface area contributed by atoms with Crippen molar-refractivity contribution in [3.8, 4) is 0 Å². The zero-order valence-corrected chi connectivity index (χ0v) is 27.0. The van der Waals surface area contributed by atoms with Crippen molar-refractivity contribution in [3.63, 3.8) is 0 Å². The van der Waals surface area contributed by atoms with Crippen LogP contribution in [-0.4, -0.2) is 49.2 Å². The van der Waals surface area contributed by atoms with Crippen LogP contribution in [0.1, 0.15) is 90.4 Å². The molecule has 0 aliphatic carbocycles. The Kier molecular flexibility index (Phi) is 29.6. The molecule has 1 atom stereocenters. The second-order valence-corrected chi connectivity index (χ2v) is 9.68. The number of unbranched alkanes of at least 4 members (excludes halogenated alkanes) is 11. The van der Waals surface area contributed by atoms with Crippen molar-refractivity contribution in [2.45, 2.75) is 95.6 Å². The number of nitrogens with one attached hydrogen (secondary N) is 1. The van der Waals surface area contributed by atoms with Gasteiger partial charge in [0, 0.05) is 6.08 Å². The van der Waals surface area contributed by atoms with Gasteiger partial charge in [-0.3, -0.25) is 9.59 Å². The van der Waals surface area contributed by atoms with Crippen molar-refractivity contribution in [3.05, 3.63) is 24.3 Å². The van der Waals surface area contributed by atoms with E-state index in [0.717, 1.165) is 12.8 Å². The van der Waals surface area contributed by atoms with Gasteiger partial charge in [-0.1, -0.05) is 89.4 Å². The molecule has 12 heteroatoms. The zero-order valence-electron chi connectivity index (χ0n) is 22.2. The van der Waals surface area contributed by atoms with Crippen LogP contribution in [-0.2, 0) is 29.2 Å². The molecule has 0 aliphatic heterocycles. The fourth-order valence-corrected chi connectivity index (χ4v) is 3.73. The predicted octanol–water partition coefficient (Wildman–Crippen LogP) is -3.48. The Balaban J connectivity index is -0.00000544. The predicted molar refractivity (Wildman–Crippen MR) is 126 cm³/mol. The molecule has 0 rings (SSSR count). The summed E-state index contributed by atoms with van der Waals surface area (Å²) in [5.41, 5.74) is 0. The quantitative estimate of drug-likeness (QED) is 0.0388. The minimum Gasteiger partial charge on any atom is -0.747 e. The number of carboxylic acid groups (broad SMARTS) is 1. The maximum atomic E-state index is 11.6. The van der Waals surface area contributed by atoms with Crippen LogP contribution in [0.5, 0.6) is 0 Å². The summed E-state index contributed by atoms with van der Waals surface area (Å²) in [5, 5.41) is 10.6. The third-order valence-electron chi connectivity index (χ3n) is 5.10. The van der Waals surface area contributed by atoms with Crippen LogP contribution < -0.4 is 69.5 Å². The van der Waals surface area contributed by atoms with E-state index in [9.17, 15) is 32.5 Å². The van der Waals surface area contributed by atoms with Crippen LogP contribution in [0, 0.1) is 0 Å². The van der Waals surface area contributed by atoms with E-state index in [1.165, 1.54) is 70.3 Å². The molecule has 9 nitrogen and oxygen atoms in total. The maximum absolute atomic E-state index is 11.6. The van der Waals surface area contributed by atoms with Gasteiger partial charge in [0.25, 0.3) is 0 Å². The molecule has 196 valence electrons. The van der Waals surface area contributed by atoms with Gasteiger partial charge < -0.3 is 24.5 Å². The Bertz CT molecular complexity index is 757. The molecule has 0 aromatic rings. The first-order valence-corrected chi connectivity index (χ1v) is 13.6. The molecule has 0 bridgehead atoms. The Morgan fingerprint density at radius 3 is 1.92 bits per heavy atom. The van der Waals surface area contributed by atoms with E-state index in [1.54, 1.807) is 12.2 Å². The first kappa shape index (κ1) is 40.3. The summed E-state index contributed by atoms with van der Waals surface area (Å²) in [6.45, 7) is 1.87. The summed E-state index contributed by atoms with van der Waals surface area (Å²) in [4.78, 5) is 33.7. The molecule has 0 heterocycles. The van der Waals surface area contributed by atoms with Crippen molar-refractivity contribution >= 4 is 28.0 Å². The van der Waals surface area contributed by atoms with Crippen molar-refractivity contribution < 1.29 is 96.3 Å². The Morgan fingerprint density at radius 1 is 0.889 bits per heavy atom. The molecule has 36 heavy (non-hydrogen) atoms. The first-order chi connectivity index (χ1) is 16.2. The minimum absolute atomic E-state index is 0. The molecule has 1 N–H and O–H groups in total. The number of hydrogen-bond acceptors (Lipinski definition) is 8. The van der Waals surface area contributed by atoms with Gasteiger partial charge >= 0.3 is 65.1 Å². The summed E-state index contributed by atoms with van der Waals surface area (Å²) < 4.78 is 36.9. The van der Waals surface area contributed by atoms with Gasteiger partial charge in [0.2, 0.25) is 5.91 Å². The number of carboxylic acids is 1. The van der Waals surface area contributed by atoms with Gasteiger partial charge in [0.1, 0.15) is 16.7 Å². The summed E-state index contributed by atoms with van der Waals surface area (Å²) >= 11 is 0. The van der Waals surface area contributed by atoms with Gasteiger partial charge in [-0.2, -0.15) is 0 Å². The van der Waals surface area contributed by atoms with E-state index in [2.05, 4.69) is 17.0 Å². The molecule has 0 aliphatic rings. The van der Waals surface area contributed by atoms with Crippen molar-refractivity contribution in [2.75, 3.05) is 13.2 Å². The summed E-state index contributed by atoms with van der Waals surface area (Å²) in [5.74, 6) is -3.77. The topological polar surface area (TPSA) is 153 Å². The zero-order chi connectivity index (χ0) is 25.7. The molecular weight excluding hydrogens is 508 g/mol. The normalized spacial score (nSPS) is 12.1.